The summed E-state index contributed by atoms with van der Waals surface area (Å²) in [7, 11) is -3.47. The minimum absolute atomic E-state index is 0.113. The fraction of sp³-hybridized carbons (Fsp3) is 0.462. The van der Waals surface area contributed by atoms with Gasteiger partial charge >= 0.3 is 0 Å². The molecule has 0 unspecified atom stereocenters. The molecular weight excluding hydrogens is 290 g/mol. The van der Waals surface area contributed by atoms with Gasteiger partial charge in [0, 0.05) is 37.1 Å². The van der Waals surface area contributed by atoms with Gasteiger partial charge < -0.3 is 0 Å². The van der Waals surface area contributed by atoms with Crippen molar-refractivity contribution in [3.8, 4) is 0 Å². The van der Waals surface area contributed by atoms with Gasteiger partial charge in [-0.3, -0.25) is 5.10 Å². The minimum Gasteiger partial charge on any atom is -0.284 e. The van der Waals surface area contributed by atoms with Crippen LogP contribution in [0.1, 0.15) is 30.3 Å². The van der Waals surface area contributed by atoms with Crippen molar-refractivity contribution in [2.75, 3.05) is 13.1 Å². The molecule has 1 N–H and O–H groups in total. The second kappa shape index (κ2) is 5.53. The molecule has 0 radical (unpaired) electrons. The van der Waals surface area contributed by atoms with Crippen molar-refractivity contribution < 1.29 is 8.42 Å². The van der Waals surface area contributed by atoms with Crippen LogP contribution in [-0.2, 0) is 10.0 Å². The van der Waals surface area contributed by atoms with E-state index in [4.69, 9.17) is 0 Å². The Kier molecular flexibility index (Phi) is 3.73. The summed E-state index contributed by atoms with van der Waals surface area (Å²) in [6.45, 7) is 2.82. The number of hydrogen-bond acceptors (Lipinski definition) is 5. The van der Waals surface area contributed by atoms with Gasteiger partial charge in [0.25, 0.3) is 0 Å². The van der Waals surface area contributed by atoms with Crippen LogP contribution < -0.4 is 0 Å². The van der Waals surface area contributed by atoms with Crippen LogP contribution in [0.4, 0.5) is 0 Å². The highest BCUT2D eigenvalue weighted by Gasteiger charge is 2.31. The van der Waals surface area contributed by atoms with Crippen molar-refractivity contribution in [1.82, 2.24) is 24.5 Å². The number of nitrogens with one attached hydrogen (secondary N) is 1. The molecule has 21 heavy (non-hydrogen) atoms. The van der Waals surface area contributed by atoms with E-state index in [0.717, 1.165) is 18.5 Å². The molecular formula is C13H17N5O2S. The number of aromatic amines is 1. The number of nitrogens with zero attached hydrogens (tertiary/aromatic N) is 4. The summed E-state index contributed by atoms with van der Waals surface area (Å²) in [6.07, 6.45) is 6.24. The van der Waals surface area contributed by atoms with E-state index in [9.17, 15) is 8.42 Å². The summed E-state index contributed by atoms with van der Waals surface area (Å²) in [4.78, 5) is 8.72. The Morgan fingerprint density at radius 3 is 3.00 bits per heavy atom. The van der Waals surface area contributed by atoms with Crippen molar-refractivity contribution in [2.24, 2.45) is 0 Å². The van der Waals surface area contributed by atoms with Crippen LogP contribution in [-0.4, -0.2) is 46.0 Å². The van der Waals surface area contributed by atoms with Crippen molar-refractivity contribution >= 4 is 10.0 Å². The minimum atomic E-state index is -3.47. The summed E-state index contributed by atoms with van der Waals surface area (Å²) in [5.74, 6) is 0.824. The van der Waals surface area contributed by atoms with Gasteiger partial charge in [0.15, 0.2) is 0 Å². The number of aryl methyl sites for hydroxylation is 1. The molecule has 1 saturated heterocycles. The maximum Gasteiger partial charge on any atom is 0.246 e. The third-order valence-electron chi connectivity index (χ3n) is 3.71. The van der Waals surface area contributed by atoms with Crippen molar-refractivity contribution in [3.63, 3.8) is 0 Å². The predicted molar refractivity (Wildman–Crippen MR) is 76.1 cm³/mol. The van der Waals surface area contributed by atoms with Crippen molar-refractivity contribution in [1.29, 1.82) is 0 Å². The second-order valence-corrected chi connectivity index (χ2v) is 7.10. The third kappa shape index (κ3) is 2.81. The lowest BCUT2D eigenvalue weighted by Crippen LogP contribution is -2.39. The Labute approximate surface area is 123 Å². The standard InChI is InChI=1S/C13H17N5O2S/c1-10-14-5-4-13(17-10)11-3-2-6-18(9-11)21(19,20)12-7-15-16-8-12/h4-5,7-8,11H,2-3,6,9H2,1H3,(H,15,16)/t11-/m0/s1. The van der Waals surface area contributed by atoms with E-state index in [-0.39, 0.29) is 10.8 Å². The average Bonchev–Trinajstić information content (AvgIpc) is 3.02. The first-order valence-electron chi connectivity index (χ1n) is 6.86. The van der Waals surface area contributed by atoms with Gasteiger partial charge in [-0.05, 0) is 25.8 Å². The molecule has 2 aromatic heterocycles. The van der Waals surface area contributed by atoms with Crippen LogP contribution in [0.25, 0.3) is 0 Å². The molecule has 1 aliphatic heterocycles. The molecule has 0 aromatic carbocycles. The predicted octanol–water partition coefficient (Wildman–Crippen LogP) is 1.08. The lowest BCUT2D eigenvalue weighted by molar-refractivity contribution is 0.312. The molecule has 7 nitrogen and oxygen atoms in total. The third-order valence-corrected chi connectivity index (χ3v) is 5.54. The van der Waals surface area contributed by atoms with Crippen LogP contribution >= 0.6 is 0 Å². The Hall–Kier alpha value is -1.80. The van der Waals surface area contributed by atoms with Crippen LogP contribution in [0.3, 0.4) is 0 Å². The van der Waals surface area contributed by atoms with Gasteiger partial charge in [-0.2, -0.15) is 9.40 Å². The molecule has 1 atom stereocenters. The zero-order chi connectivity index (χ0) is 14.9. The zero-order valence-corrected chi connectivity index (χ0v) is 12.5. The number of rotatable bonds is 3. The molecule has 1 aliphatic rings. The van der Waals surface area contributed by atoms with Crippen molar-refractivity contribution in [3.05, 3.63) is 36.2 Å². The highest BCUT2D eigenvalue weighted by molar-refractivity contribution is 7.89. The zero-order valence-electron chi connectivity index (χ0n) is 11.7. The summed E-state index contributed by atoms with van der Waals surface area (Å²) < 4.78 is 26.6. The lowest BCUT2D eigenvalue weighted by Gasteiger charge is -2.31. The van der Waals surface area contributed by atoms with Crippen LogP contribution in [0.2, 0.25) is 0 Å². The molecule has 3 rings (SSSR count). The van der Waals surface area contributed by atoms with Gasteiger partial charge in [-0.25, -0.2) is 18.4 Å². The number of aromatic nitrogens is 4. The summed E-state index contributed by atoms with van der Waals surface area (Å²) in [6, 6.07) is 1.87. The Morgan fingerprint density at radius 2 is 2.29 bits per heavy atom. The quantitative estimate of drug-likeness (QED) is 0.916. The number of hydrogen-bond donors (Lipinski definition) is 1. The maximum absolute atomic E-state index is 12.5. The first-order valence-corrected chi connectivity index (χ1v) is 8.30. The normalized spacial score (nSPS) is 20.5. The molecule has 0 spiro atoms. The number of piperidine rings is 1. The molecule has 0 aliphatic carbocycles. The Bertz CT molecular complexity index is 714. The van der Waals surface area contributed by atoms with E-state index in [0.29, 0.717) is 18.9 Å². The second-order valence-electron chi connectivity index (χ2n) is 5.16. The fourth-order valence-corrected chi connectivity index (χ4v) is 4.06. The largest absolute Gasteiger partial charge is 0.284 e. The number of sulfonamides is 1. The average molecular weight is 307 g/mol. The van der Waals surface area contributed by atoms with Crippen LogP contribution in [0.15, 0.2) is 29.6 Å². The van der Waals surface area contributed by atoms with E-state index in [1.165, 1.54) is 16.7 Å². The smallest absolute Gasteiger partial charge is 0.246 e. The first-order chi connectivity index (χ1) is 10.1. The first kappa shape index (κ1) is 14.2. The molecule has 0 amide bonds. The van der Waals surface area contributed by atoms with E-state index >= 15 is 0 Å². The van der Waals surface area contributed by atoms with Gasteiger partial charge in [-0.15, -0.1) is 0 Å². The van der Waals surface area contributed by atoms with E-state index in [1.807, 2.05) is 13.0 Å². The summed E-state index contributed by atoms with van der Waals surface area (Å²) in [5.41, 5.74) is 0.912. The molecule has 1 fully saturated rings. The monoisotopic (exact) mass is 307 g/mol. The fourth-order valence-electron chi connectivity index (χ4n) is 2.63. The number of H-pyrrole nitrogens is 1. The van der Waals surface area contributed by atoms with E-state index < -0.39 is 10.0 Å². The highest BCUT2D eigenvalue weighted by Crippen LogP contribution is 2.28. The molecule has 3 heterocycles. The Morgan fingerprint density at radius 1 is 1.43 bits per heavy atom. The van der Waals surface area contributed by atoms with Crippen LogP contribution in [0, 0.1) is 6.92 Å². The topological polar surface area (TPSA) is 91.8 Å². The maximum atomic E-state index is 12.5. The van der Waals surface area contributed by atoms with E-state index in [1.54, 1.807) is 6.20 Å². The molecule has 112 valence electrons. The van der Waals surface area contributed by atoms with Gasteiger partial charge in [-0.1, -0.05) is 0 Å². The van der Waals surface area contributed by atoms with Crippen LogP contribution in [0.5, 0.6) is 0 Å². The summed E-state index contributed by atoms with van der Waals surface area (Å²) in [5, 5.41) is 6.27. The molecule has 0 bridgehead atoms. The van der Waals surface area contributed by atoms with Crippen molar-refractivity contribution in [2.45, 2.75) is 30.6 Å². The SMILES string of the molecule is Cc1nccc([C@H]2CCCN(S(=O)(=O)c3cn[nH]c3)C2)n1. The van der Waals surface area contributed by atoms with Gasteiger partial charge in [0.2, 0.25) is 10.0 Å². The van der Waals surface area contributed by atoms with Gasteiger partial charge in [0.1, 0.15) is 10.7 Å². The lowest BCUT2D eigenvalue weighted by atomic mass is 9.96. The highest BCUT2D eigenvalue weighted by atomic mass is 32.2. The van der Waals surface area contributed by atoms with Gasteiger partial charge in [0.05, 0.1) is 6.20 Å². The summed E-state index contributed by atoms with van der Waals surface area (Å²) >= 11 is 0. The Balaban J connectivity index is 1.83. The molecule has 2 aromatic rings. The van der Waals surface area contributed by atoms with E-state index in [2.05, 4.69) is 20.2 Å². The molecule has 8 heteroatoms. The molecule has 0 saturated carbocycles.